The third-order valence-corrected chi connectivity index (χ3v) is 3.02. The van der Waals surface area contributed by atoms with Gasteiger partial charge in [-0.1, -0.05) is 0 Å². The highest BCUT2D eigenvalue weighted by molar-refractivity contribution is 5.77. The molecule has 0 saturated carbocycles. The molecule has 3 N–H and O–H groups in total. The first-order valence-electron chi connectivity index (χ1n) is 6.37. The summed E-state index contributed by atoms with van der Waals surface area (Å²) < 4.78 is 4.50. The van der Waals surface area contributed by atoms with E-state index in [4.69, 9.17) is 5.11 Å². The van der Waals surface area contributed by atoms with Crippen LogP contribution in [0.15, 0.2) is 0 Å². The molecule has 0 aliphatic carbocycles. The van der Waals surface area contributed by atoms with Gasteiger partial charge in [-0.3, -0.25) is 4.79 Å². The van der Waals surface area contributed by atoms with E-state index in [-0.39, 0.29) is 18.5 Å². The fourth-order valence-corrected chi connectivity index (χ4v) is 2.08. The Bertz CT molecular complexity index is 397. The van der Waals surface area contributed by atoms with Crippen LogP contribution in [0.3, 0.4) is 0 Å². The quantitative estimate of drug-likeness (QED) is 0.692. The maximum absolute atomic E-state index is 12.0. The molecule has 0 radical (unpaired) electrons. The zero-order valence-electron chi connectivity index (χ0n) is 11.9. The molecule has 1 fully saturated rings. The number of hydrogen-bond acceptors (Lipinski definition) is 4. The molecule has 8 heteroatoms. The summed E-state index contributed by atoms with van der Waals surface area (Å²) in [7, 11) is 1.28. The lowest BCUT2D eigenvalue weighted by Gasteiger charge is -2.27. The minimum Gasteiger partial charge on any atom is -0.481 e. The Morgan fingerprint density at radius 3 is 2.60 bits per heavy atom. The van der Waals surface area contributed by atoms with Gasteiger partial charge in [0, 0.05) is 18.6 Å². The van der Waals surface area contributed by atoms with Crippen molar-refractivity contribution in [3.05, 3.63) is 0 Å². The number of methoxy groups -OCH3 is 1. The number of hydrogen-bond donors (Lipinski definition) is 3. The molecule has 1 atom stereocenters. The fraction of sp³-hybridized carbons (Fsp3) is 0.750. The van der Waals surface area contributed by atoms with Crippen molar-refractivity contribution in [3.8, 4) is 0 Å². The van der Waals surface area contributed by atoms with Gasteiger partial charge in [0.1, 0.15) is 0 Å². The molecule has 20 heavy (non-hydrogen) atoms. The smallest absolute Gasteiger partial charge is 0.407 e. The van der Waals surface area contributed by atoms with Crippen molar-refractivity contribution in [2.45, 2.75) is 38.3 Å². The number of carbonyl (C=O) groups excluding carboxylic acids is 2. The standard InChI is InChI=1S/C12H21N3O5/c1-12(2,6-9(16)17)14-10(18)15-5-4-8(7-15)13-11(19)20-3/h8H,4-7H2,1-3H3,(H,13,19)(H,14,18)(H,16,17). The predicted octanol–water partition coefficient (Wildman–Crippen LogP) is 0.380. The summed E-state index contributed by atoms with van der Waals surface area (Å²) in [4.78, 5) is 35.3. The second kappa shape index (κ2) is 6.44. The molecular formula is C12H21N3O5. The Morgan fingerprint density at radius 2 is 2.05 bits per heavy atom. The molecule has 114 valence electrons. The SMILES string of the molecule is COC(=O)NC1CCN(C(=O)NC(C)(C)CC(=O)O)C1. The summed E-state index contributed by atoms with van der Waals surface area (Å²) in [6.07, 6.45) is -0.0401. The van der Waals surface area contributed by atoms with Gasteiger partial charge >= 0.3 is 18.1 Å². The van der Waals surface area contributed by atoms with Crippen LogP contribution in [0.1, 0.15) is 26.7 Å². The van der Waals surface area contributed by atoms with Crippen LogP contribution < -0.4 is 10.6 Å². The van der Waals surface area contributed by atoms with Crippen LogP contribution >= 0.6 is 0 Å². The number of carboxylic acid groups (broad SMARTS) is 1. The zero-order chi connectivity index (χ0) is 15.3. The third-order valence-electron chi connectivity index (χ3n) is 3.02. The second-order valence-corrected chi connectivity index (χ2v) is 5.45. The Balaban J connectivity index is 2.46. The van der Waals surface area contributed by atoms with E-state index >= 15 is 0 Å². The molecule has 1 aliphatic rings. The minimum absolute atomic E-state index is 0.143. The normalized spacial score (nSPS) is 18.6. The number of aliphatic carboxylic acids is 1. The van der Waals surface area contributed by atoms with Crippen LogP contribution in [-0.2, 0) is 9.53 Å². The predicted molar refractivity (Wildman–Crippen MR) is 70.4 cm³/mol. The Labute approximate surface area is 117 Å². The molecule has 1 heterocycles. The number of nitrogens with zero attached hydrogens (tertiary/aromatic N) is 1. The number of carboxylic acids is 1. The lowest BCUT2D eigenvalue weighted by atomic mass is 10.0. The molecule has 8 nitrogen and oxygen atoms in total. The monoisotopic (exact) mass is 287 g/mol. The van der Waals surface area contributed by atoms with Crippen LogP contribution in [-0.4, -0.2) is 59.9 Å². The van der Waals surface area contributed by atoms with Gasteiger partial charge < -0.3 is 25.4 Å². The van der Waals surface area contributed by atoms with Gasteiger partial charge in [0.05, 0.1) is 19.6 Å². The number of carbonyl (C=O) groups is 3. The Kier molecular flexibility index (Phi) is 5.18. The van der Waals surface area contributed by atoms with Crippen LogP contribution in [0.2, 0.25) is 0 Å². The van der Waals surface area contributed by atoms with E-state index in [1.54, 1.807) is 18.7 Å². The molecule has 0 aromatic carbocycles. The van der Waals surface area contributed by atoms with E-state index in [1.807, 2.05) is 0 Å². The number of alkyl carbamates (subject to hydrolysis) is 1. The van der Waals surface area contributed by atoms with E-state index in [2.05, 4.69) is 15.4 Å². The third kappa shape index (κ3) is 4.94. The summed E-state index contributed by atoms with van der Waals surface area (Å²) in [5.74, 6) is -0.970. The van der Waals surface area contributed by atoms with Gasteiger partial charge in [0.2, 0.25) is 0 Å². The number of amides is 3. The van der Waals surface area contributed by atoms with E-state index < -0.39 is 17.6 Å². The summed E-state index contributed by atoms with van der Waals surface area (Å²) in [6.45, 7) is 4.19. The van der Waals surface area contributed by atoms with Crippen molar-refractivity contribution < 1.29 is 24.2 Å². The van der Waals surface area contributed by atoms with Crippen molar-refractivity contribution in [1.29, 1.82) is 0 Å². The first kappa shape index (κ1) is 16.1. The van der Waals surface area contributed by atoms with E-state index in [0.29, 0.717) is 19.5 Å². The largest absolute Gasteiger partial charge is 0.481 e. The zero-order valence-corrected chi connectivity index (χ0v) is 11.9. The van der Waals surface area contributed by atoms with Gasteiger partial charge in [-0.05, 0) is 20.3 Å². The van der Waals surface area contributed by atoms with Gasteiger partial charge in [-0.15, -0.1) is 0 Å². The topological polar surface area (TPSA) is 108 Å². The van der Waals surface area contributed by atoms with Gasteiger partial charge in [0.15, 0.2) is 0 Å². The van der Waals surface area contributed by atoms with Crippen molar-refractivity contribution in [3.63, 3.8) is 0 Å². The maximum atomic E-state index is 12.0. The highest BCUT2D eigenvalue weighted by atomic mass is 16.5. The average Bonchev–Trinajstić information content (AvgIpc) is 2.74. The lowest BCUT2D eigenvalue weighted by Crippen LogP contribution is -2.51. The second-order valence-electron chi connectivity index (χ2n) is 5.45. The van der Waals surface area contributed by atoms with Crippen molar-refractivity contribution in [2.24, 2.45) is 0 Å². The van der Waals surface area contributed by atoms with E-state index in [0.717, 1.165) is 0 Å². The average molecular weight is 287 g/mol. The maximum Gasteiger partial charge on any atom is 0.407 e. The van der Waals surface area contributed by atoms with Gasteiger partial charge in [-0.2, -0.15) is 0 Å². The number of ether oxygens (including phenoxy) is 1. The van der Waals surface area contributed by atoms with E-state index in [9.17, 15) is 14.4 Å². The highest BCUT2D eigenvalue weighted by Gasteiger charge is 2.31. The number of urea groups is 1. The van der Waals surface area contributed by atoms with Crippen molar-refractivity contribution >= 4 is 18.1 Å². The summed E-state index contributed by atoms with van der Waals surface area (Å²) >= 11 is 0. The molecule has 0 aromatic rings. The highest BCUT2D eigenvalue weighted by Crippen LogP contribution is 2.13. The van der Waals surface area contributed by atoms with Crippen molar-refractivity contribution in [2.75, 3.05) is 20.2 Å². The Hall–Kier alpha value is -1.99. The molecule has 1 saturated heterocycles. The Morgan fingerprint density at radius 1 is 1.40 bits per heavy atom. The number of nitrogens with one attached hydrogen (secondary N) is 2. The number of rotatable bonds is 4. The fourth-order valence-electron chi connectivity index (χ4n) is 2.08. The van der Waals surface area contributed by atoms with Crippen LogP contribution in [0.4, 0.5) is 9.59 Å². The van der Waals surface area contributed by atoms with Gasteiger partial charge in [-0.25, -0.2) is 9.59 Å². The van der Waals surface area contributed by atoms with Crippen LogP contribution in [0, 0.1) is 0 Å². The summed E-state index contributed by atoms with van der Waals surface area (Å²) in [5.41, 5.74) is -0.823. The van der Waals surface area contributed by atoms with E-state index in [1.165, 1.54) is 7.11 Å². The molecule has 0 spiro atoms. The molecule has 0 bridgehead atoms. The molecule has 1 unspecified atom stereocenters. The minimum atomic E-state index is -0.970. The molecule has 1 aliphatic heterocycles. The lowest BCUT2D eigenvalue weighted by molar-refractivity contribution is -0.138. The summed E-state index contributed by atoms with van der Waals surface area (Å²) in [6, 6.07) is -0.471. The summed E-state index contributed by atoms with van der Waals surface area (Å²) in [5, 5.41) is 14.1. The molecule has 3 amide bonds. The van der Waals surface area contributed by atoms with Crippen molar-refractivity contribution in [1.82, 2.24) is 15.5 Å². The van der Waals surface area contributed by atoms with Crippen LogP contribution in [0.5, 0.6) is 0 Å². The van der Waals surface area contributed by atoms with Crippen LogP contribution in [0.25, 0.3) is 0 Å². The molecule has 0 aromatic heterocycles. The molecule has 1 rings (SSSR count). The first-order chi connectivity index (χ1) is 9.23. The molecular weight excluding hydrogens is 266 g/mol. The first-order valence-corrected chi connectivity index (χ1v) is 6.37. The van der Waals surface area contributed by atoms with Gasteiger partial charge in [0.25, 0.3) is 0 Å². The number of likely N-dealkylation sites (tertiary alicyclic amines) is 1.